The van der Waals surface area contributed by atoms with Crippen molar-refractivity contribution in [1.29, 1.82) is 0 Å². The Kier molecular flexibility index (Phi) is 5.43. The molecule has 164 valence electrons. The van der Waals surface area contributed by atoms with E-state index in [1.807, 2.05) is 51.1 Å². The molecule has 0 spiro atoms. The first-order valence-electron chi connectivity index (χ1n) is 10.2. The molecule has 1 fully saturated rings. The highest BCUT2D eigenvalue weighted by molar-refractivity contribution is 5.70. The molecule has 0 aliphatic carbocycles. The van der Waals surface area contributed by atoms with Gasteiger partial charge in [-0.3, -0.25) is 4.90 Å². The second kappa shape index (κ2) is 8.05. The van der Waals surface area contributed by atoms with E-state index < -0.39 is 11.7 Å². The summed E-state index contributed by atoms with van der Waals surface area (Å²) in [6.07, 6.45) is -0.844. The van der Waals surface area contributed by atoms with Gasteiger partial charge in [0.2, 0.25) is 5.88 Å². The van der Waals surface area contributed by atoms with Gasteiger partial charge in [0.15, 0.2) is 0 Å². The van der Waals surface area contributed by atoms with Gasteiger partial charge < -0.3 is 19.5 Å². The number of aromatic hydroxyl groups is 1. The van der Waals surface area contributed by atoms with E-state index in [2.05, 4.69) is 9.97 Å². The Bertz CT molecular complexity index is 983. The zero-order chi connectivity index (χ0) is 22.2. The minimum atomic E-state index is -0.552. The van der Waals surface area contributed by atoms with Crippen molar-refractivity contribution in [3.05, 3.63) is 53.0 Å². The molecule has 9 nitrogen and oxygen atoms in total. The van der Waals surface area contributed by atoms with Crippen LogP contribution in [-0.4, -0.2) is 55.8 Å². The number of benzene rings is 1. The number of nitrogens with zero attached hydrogens (tertiary/aromatic N) is 4. The van der Waals surface area contributed by atoms with Gasteiger partial charge in [0.1, 0.15) is 18.0 Å². The quantitative estimate of drug-likeness (QED) is 0.804. The van der Waals surface area contributed by atoms with E-state index >= 15 is 0 Å². The van der Waals surface area contributed by atoms with Crippen molar-refractivity contribution in [2.24, 2.45) is 0 Å². The number of ether oxygens (including phenoxy) is 2. The van der Waals surface area contributed by atoms with E-state index in [1.165, 1.54) is 4.90 Å². The maximum atomic E-state index is 12.4. The fourth-order valence-electron chi connectivity index (χ4n) is 3.50. The lowest BCUT2D eigenvalue weighted by Crippen LogP contribution is -2.50. The number of likely N-dealkylation sites (tertiary alicyclic amines) is 1. The van der Waals surface area contributed by atoms with Gasteiger partial charge in [0.25, 0.3) is 0 Å². The van der Waals surface area contributed by atoms with E-state index in [0.29, 0.717) is 30.2 Å². The Labute approximate surface area is 180 Å². The molecule has 31 heavy (non-hydrogen) atoms. The topological polar surface area (TPSA) is 105 Å². The SMILES string of the molecule is CC(C)(C)OC(=O)N1CC(c2nc(O)c3c(n2)CN(C(=O)OCc2ccccc2)C3)C1. The molecule has 1 aromatic heterocycles. The lowest BCUT2D eigenvalue weighted by Gasteiger charge is -2.38. The van der Waals surface area contributed by atoms with Gasteiger partial charge in [-0.2, -0.15) is 4.98 Å². The molecule has 4 rings (SSSR count). The first-order valence-corrected chi connectivity index (χ1v) is 10.2. The van der Waals surface area contributed by atoms with E-state index in [0.717, 1.165) is 5.56 Å². The molecular formula is C22H26N4O5. The first-order chi connectivity index (χ1) is 14.7. The number of fused-ring (bicyclic) bond motifs is 1. The molecule has 2 aliphatic rings. The largest absolute Gasteiger partial charge is 0.493 e. The number of amides is 2. The third-order valence-electron chi connectivity index (χ3n) is 5.14. The number of carbonyl (C=O) groups is 2. The Hall–Kier alpha value is -3.36. The standard InChI is InChI=1S/C22H26N4O5/c1-22(2,3)31-21(29)25-9-15(10-25)18-23-17-12-26(11-16(17)19(27)24-18)20(28)30-13-14-7-5-4-6-8-14/h4-8,15H,9-13H2,1-3H3,(H,23,24,27). The Morgan fingerprint density at radius 1 is 1.06 bits per heavy atom. The second-order valence-electron chi connectivity index (χ2n) is 8.81. The maximum Gasteiger partial charge on any atom is 0.410 e. The highest BCUT2D eigenvalue weighted by atomic mass is 16.6. The van der Waals surface area contributed by atoms with Crippen LogP contribution in [0.2, 0.25) is 0 Å². The molecule has 2 amide bonds. The highest BCUT2D eigenvalue weighted by Gasteiger charge is 2.38. The van der Waals surface area contributed by atoms with Crippen LogP contribution in [0.5, 0.6) is 5.88 Å². The minimum Gasteiger partial charge on any atom is -0.493 e. The molecule has 0 unspecified atom stereocenters. The summed E-state index contributed by atoms with van der Waals surface area (Å²) in [7, 11) is 0. The van der Waals surface area contributed by atoms with Crippen LogP contribution in [0.4, 0.5) is 9.59 Å². The summed E-state index contributed by atoms with van der Waals surface area (Å²) < 4.78 is 10.7. The molecule has 2 aromatic rings. The zero-order valence-corrected chi connectivity index (χ0v) is 17.9. The average molecular weight is 426 g/mol. The molecule has 1 N–H and O–H groups in total. The summed E-state index contributed by atoms with van der Waals surface area (Å²) in [5.74, 6) is 0.257. The Balaban J connectivity index is 1.35. The predicted molar refractivity (Wildman–Crippen MR) is 110 cm³/mol. The fourth-order valence-corrected chi connectivity index (χ4v) is 3.50. The lowest BCUT2D eigenvalue weighted by atomic mass is 9.99. The van der Waals surface area contributed by atoms with Crippen LogP contribution in [0.1, 0.15) is 49.3 Å². The summed E-state index contributed by atoms with van der Waals surface area (Å²) in [4.78, 5) is 36.4. The van der Waals surface area contributed by atoms with Crippen molar-refractivity contribution < 1.29 is 24.2 Å². The lowest BCUT2D eigenvalue weighted by molar-refractivity contribution is 0.00746. The van der Waals surface area contributed by atoms with Crippen molar-refractivity contribution in [2.75, 3.05) is 13.1 Å². The zero-order valence-electron chi connectivity index (χ0n) is 17.9. The van der Waals surface area contributed by atoms with Crippen molar-refractivity contribution in [3.63, 3.8) is 0 Å². The maximum absolute atomic E-state index is 12.4. The van der Waals surface area contributed by atoms with Gasteiger partial charge in [0.05, 0.1) is 30.3 Å². The number of rotatable bonds is 3. The number of hydrogen-bond acceptors (Lipinski definition) is 7. The van der Waals surface area contributed by atoms with Crippen molar-refractivity contribution in [3.8, 4) is 5.88 Å². The number of hydrogen-bond donors (Lipinski definition) is 1. The van der Waals surface area contributed by atoms with Crippen LogP contribution >= 0.6 is 0 Å². The van der Waals surface area contributed by atoms with Crippen molar-refractivity contribution >= 4 is 12.2 Å². The Morgan fingerprint density at radius 2 is 1.77 bits per heavy atom. The van der Waals surface area contributed by atoms with Gasteiger partial charge in [-0.15, -0.1) is 0 Å². The molecule has 1 saturated heterocycles. The normalized spacial score (nSPS) is 16.0. The molecule has 2 aliphatic heterocycles. The van der Waals surface area contributed by atoms with Gasteiger partial charge in [-0.1, -0.05) is 30.3 Å². The van der Waals surface area contributed by atoms with Crippen LogP contribution in [0.3, 0.4) is 0 Å². The van der Waals surface area contributed by atoms with Crippen LogP contribution in [0.25, 0.3) is 0 Å². The predicted octanol–water partition coefficient (Wildman–Crippen LogP) is 3.17. The smallest absolute Gasteiger partial charge is 0.410 e. The van der Waals surface area contributed by atoms with E-state index in [9.17, 15) is 14.7 Å². The molecule has 0 radical (unpaired) electrons. The third kappa shape index (κ3) is 4.70. The molecule has 0 bridgehead atoms. The highest BCUT2D eigenvalue weighted by Crippen LogP contribution is 2.32. The van der Waals surface area contributed by atoms with Gasteiger partial charge in [-0.25, -0.2) is 14.6 Å². The summed E-state index contributed by atoms with van der Waals surface area (Å²) in [6.45, 7) is 6.93. The van der Waals surface area contributed by atoms with Crippen LogP contribution in [-0.2, 0) is 29.2 Å². The fraction of sp³-hybridized carbons (Fsp3) is 0.455. The van der Waals surface area contributed by atoms with Gasteiger partial charge in [-0.05, 0) is 26.3 Å². The molecule has 1 aromatic carbocycles. The average Bonchev–Trinajstić information content (AvgIpc) is 3.09. The monoisotopic (exact) mass is 426 g/mol. The molecule has 0 atom stereocenters. The molecular weight excluding hydrogens is 400 g/mol. The van der Waals surface area contributed by atoms with E-state index in [4.69, 9.17) is 9.47 Å². The second-order valence-corrected chi connectivity index (χ2v) is 8.81. The molecule has 3 heterocycles. The summed E-state index contributed by atoms with van der Waals surface area (Å²) in [6, 6.07) is 9.43. The van der Waals surface area contributed by atoms with Crippen LogP contribution < -0.4 is 0 Å². The number of aromatic nitrogens is 2. The van der Waals surface area contributed by atoms with Gasteiger partial charge in [0, 0.05) is 13.1 Å². The molecule has 0 saturated carbocycles. The summed E-state index contributed by atoms with van der Waals surface area (Å²) >= 11 is 0. The Morgan fingerprint density at radius 3 is 2.45 bits per heavy atom. The minimum absolute atomic E-state index is 0.0807. The first kappa shape index (κ1) is 20.9. The third-order valence-corrected chi connectivity index (χ3v) is 5.14. The summed E-state index contributed by atoms with van der Waals surface area (Å²) in [5.41, 5.74) is 1.49. The van der Waals surface area contributed by atoms with Crippen molar-refractivity contribution in [1.82, 2.24) is 19.8 Å². The van der Waals surface area contributed by atoms with Crippen LogP contribution in [0, 0.1) is 0 Å². The summed E-state index contributed by atoms with van der Waals surface area (Å²) in [5, 5.41) is 10.4. The van der Waals surface area contributed by atoms with Crippen LogP contribution in [0.15, 0.2) is 30.3 Å². The molecule has 9 heteroatoms. The van der Waals surface area contributed by atoms with Gasteiger partial charge >= 0.3 is 12.2 Å². The number of carbonyl (C=O) groups excluding carboxylic acids is 2. The van der Waals surface area contributed by atoms with E-state index in [1.54, 1.807) is 4.90 Å². The van der Waals surface area contributed by atoms with E-state index in [-0.39, 0.29) is 37.6 Å². The van der Waals surface area contributed by atoms with Crippen molar-refractivity contribution in [2.45, 2.75) is 52.0 Å².